The Labute approximate surface area is 179 Å². The first kappa shape index (κ1) is 36.1. The fourth-order valence-electron chi connectivity index (χ4n) is 2.06. The van der Waals surface area contributed by atoms with Gasteiger partial charge in [0, 0.05) is 26.2 Å². The van der Waals surface area contributed by atoms with Gasteiger partial charge < -0.3 is 30.6 Å². The van der Waals surface area contributed by atoms with Crippen molar-refractivity contribution in [2.45, 2.75) is 66.4 Å². The molecular formula is C21H52N2O6. The van der Waals surface area contributed by atoms with Gasteiger partial charge in [-0.25, -0.2) is 0 Å². The summed E-state index contributed by atoms with van der Waals surface area (Å²) in [6.45, 7) is 15.3. The zero-order chi connectivity index (χ0) is 23.3. The summed E-state index contributed by atoms with van der Waals surface area (Å²) >= 11 is 0. The summed E-state index contributed by atoms with van der Waals surface area (Å²) in [6, 6.07) is 0. The second kappa shape index (κ2) is 35.1. The van der Waals surface area contributed by atoms with Gasteiger partial charge in [-0.3, -0.25) is 9.80 Å². The van der Waals surface area contributed by atoms with Gasteiger partial charge in [0.2, 0.25) is 0 Å². The van der Waals surface area contributed by atoms with Crippen molar-refractivity contribution in [3.8, 4) is 0 Å². The number of nitrogens with zero attached hydrogens (tertiary/aromatic N) is 2. The summed E-state index contributed by atoms with van der Waals surface area (Å²) in [6.07, 6.45) is 3.49. The Kier molecular flexibility index (Phi) is 43.7. The molecule has 0 amide bonds. The molecule has 0 spiro atoms. The second-order valence-corrected chi connectivity index (χ2v) is 6.18. The molecule has 8 heteroatoms. The van der Waals surface area contributed by atoms with Crippen molar-refractivity contribution in [3.63, 3.8) is 0 Å². The largest absolute Gasteiger partial charge is 0.395 e. The molecule has 0 aromatic heterocycles. The lowest BCUT2D eigenvalue weighted by molar-refractivity contribution is 0.0923. The number of hydrogen-bond donors (Lipinski definition) is 6. The van der Waals surface area contributed by atoms with Gasteiger partial charge in [-0.1, -0.05) is 41.0 Å². The third-order valence-corrected chi connectivity index (χ3v) is 3.71. The maximum absolute atomic E-state index is 8.64. The Morgan fingerprint density at radius 1 is 0.586 bits per heavy atom. The highest BCUT2D eigenvalue weighted by Gasteiger charge is 2.01. The smallest absolute Gasteiger partial charge is 0.0768 e. The van der Waals surface area contributed by atoms with E-state index in [1.165, 1.54) is 0 Å². The fraction of sp³-hybridized carbons (Fsp3) is 1.00. The summed E-state index contributed by atoms with van der Waals surface area (Å²) < 4.78 is 0. The Morgan fingerprint density at radius 3 is 1.17 bits per heavy atom. The van der Waals surface area contributed by atoms with E-state index in [9.17, 15) is 0 Å². The Balaban J connectivity index is -0.000000160. The van der Waals surface area contributed by atoms with Crippen LogP contribution in [0.25, 0.3) is 0 Å². The minimum atomic E-state index is -0.509. The van der Waals surface area contributed by atoms with E-state index < -0.39 is 6.10 Å². The van der Waals surface area contributed by atoms with E-state index in [4.69, 9.17) is 30.6 Å². The number of aliphatic hydroxyl groups excluding tert-OH is 6. The molecule has 0 saturated carbocycles. The molecule has 0 aromatic rings. The first-order valence-corrected chi connectivity index (χ1v) is 11.2. The van der Waals surface area contributed by atoms with Crippen LogP contribution in [0.2, 0.25) is 0 Å². The molecule has 1 unspecified atom stereocenters. The zero-order valence-corrected chi connectivity index (χ0v) is 19.8. The third kappa shape index (κ3) is 35.5. The van der Waals surface area contributed by atoms with Crippen LogP contribution in [-0.4, -0.2) is 119 Å². The molecule has 0 rings (SSSR count). The van der Waals surface area contributed by atoms with Crippen LogP contribution in [0.5, 0.6) is 0 Å². The predicted octanol–water partition coefficient (Wildman–Crippen LogP) is 0.532. The molecule has 0 aliphatic heterocycles. The van der Waals surface area contributed by atoms with Crippen molar-refractivity contribution < 1.29 is 30.6 Å². The van der Waals surface area contributed by atoms with Crippen molar-refractivity contribution in [2.24, 2.45) is 0 Å². The molecule has 0 fully saturated rings. The van der Waals surface area contributed by atoms with E-state index >= 15 is 0 Å². The molecule has 0 heterocycles. The molecule has 1 atom stereocenters. The van der Waals surface area contributed by atoms with Crippen LogP contribution in [0.3, 0.4) is 0 Å². The van der Waals surface area contributed by atoms with Gasteiger partial charge in [-0.05, 0) is 32.4 Å². The Morgan fingerprint density at radius 2 is 0.966 bits per heavy atom. The molecule has 0 aliphatic carbocycles. The minimum Gasteiger partial charge on any atom is -0.395 e. The molecule has 29 heavy (non-hydrogen) atoms. The van der Waals surface area contributed by atoms with Crippen LogP contribution in [0.15, 0.2) is 0 Å². The number of unbranched alkanes of at least 4 members (excludes halogenated alkanes) is 1. The topological polar surface area (TPSA) is 128 Å². The van der Waals surface area contributed by atoms with E-state index in [1.54, 1.807) is 0 Å². The summed E-state index contributed by atoms with van der Waals surface area (Å²) in [4.78, 5) is 4.11. The molecule has 8 nitrogen and oxygen atoms in total. The molecule has 182 valence electrons. The van der Waals surface area contributed by atoms with Crippen molar-refractivity contribution in [3.05, 3.63) is 0 Å². The van der Waals surface area contributed by atoms with Crippen LogP contribution in [0.1, 0.15) is 60.3 Å². The summed E-state index contributed by atoms with van der Waals surface area (Å²) in [5.41, 5.74) is 0. The minimum absolute atomic E-state index is 0.115. The van der Waals surface area contributed by atoms with Crippen molar-refractivity contribution >= 4 is 0 Å². The summed E-state index contributed by atoms with van der Waals surface area (Å²) in [5.74, 6) is 0. The monoisotopic (exact) mass is 428 g/mol. The van der Waals surface area contributed by atoms with Crippen molar-refractivity contribution in [2.75, 3.05) is 72.3 Å². The van der Waals surface area contributed by atoms with Gasteiger partial charge in [0.25, 0.3) is 0 Å². The first-order chi connectivity index (χ1) is 14.0. The van der Waals surface area contributed by atoms with E-state index in [-0.39, 0.29) is 33.0 Å². The average Bonchev–Trinajstić information content (AvgIpc) is 2.74. The maximum Gasteiger partial charge on any atom is 0.0768 e. The van der Waals surface area contributed by atoms with E-state index in [0.29, 0.717) is 32.6 Å². The lowest BCUT2D eigenvalue weighted by Crippen LogP contribution is -2.30. The van der Waals surface area contributed by atoms with E-state index in [1.807, 2.05) is 25.7 Å². The molecule has 0 saturated heterocycles. The van der Waals surface area contributed by atoms with Gasteiger partial charge in [-0.15, -0.1) is 0 Å². The summed E-state index contributed by atoms with van der Waals surface area (Å²) in [7, 11) is 0. The van der Waals surface area contributed by atoms with E-state index in [2.05, 4.69) is 18.7 Å². The van der Waals surface area contributed by atoms with Gasteiger partial charge in [0.05, 0.1) is 39.1 Å². The van der Waals surface area contributed by atoms with Crippen molar-refractivity contribution in [1.29, 1.82) is 0 Å². The number of aliphatic hydroxyl groups is 6. The molecule has 0 aromatic carbocycles. The standard InChI is InChI=1S/C8H19NO2.C7H17NO2.C4H10O2.C2H6/c1-2-3-4-9(5-7-10)6-8-11;1-2-3-8(4-6-9)5-7-10;1-2-4(6)3-5;1-2/h10-11H,2-8H2,1H3;9-10H,2-7H2,1H3;4-6H,2-3H2,1H3;1-2H3. The quantitative estimate of drug-likeness (QED) is 0.223. The van der Waals surface area contributed by atoms with Crippen molar-refractivity contribution in [1.82, 2.24) is 9.80 Å². The fourth-order valence-corrected chi connectivity index (χ4v) is 2.06. The molecular weight excluding hydrogens is 376 g/mol. The maximum atomic E-state index is 8.64. The van der Waals surface area contributed by atoms with Gasteiger partial charge >= 0.3 is 0 Å². The number of hydrogen-bond acceptors (Lipinski definition) is 8. The first-order valence-electron chi connectivity index (χ1n) is 11.2. The van der Waals surface area contributed by atoms with Gasteiger partial charge in [0.15, 0.2) is 0 Å². The van der Waals surface area contributed by atoms with Crippen LogP contribution < -0.4 is 0 Å². The Bertz CT molecular complexity index is 227. The third-order valence-electron chi connectivity index (χ3n) is 3.71. The molecule has 0 radical (unpaired) electrons. The van der Waals surface area contributed by atoms with Gasteiger partial charge in [-0.2, -0.15) is 0 Å². The predicted molar refractivity (Wildman–Crippen MR) is 121 cm³/mol. The highest BCUT2D eigenvalue weighted by molar-refractivity contribution is 4.55. The Hall–Kier alpha value is -0.320. The van der Waals surface area contributed by atoms with Crippen LogP contribution in [0, 0.1) is 0 Å². The highest BCUT2D eigenvalue weighted by atomic mass is 16.3. The lowest BCUT2D eigenvalue weighted by atomic mass is 10.3. The van der Waals surface area contributed by atoms with Crippen LogP contribution >= 0.6 is 0 Å². The van der Waals surface area contributed by atoms with Crippen LogP contribution in [-0.2, 0) is 0 Å². The number of rotatable bonds is 15. The normalized spacial score (nSPS) is 11.1. The SMILES string of the molecule is CC.CCC(O)CO.CCCCN(CCO)CCO.CCCN(CCO)CCO. The average molecular weight is 429 g/mol. The van der Waals surface area contributed by atoms with Gasteiger partial charge in [0.1, 0.15) is 0 Å². The zero-order valence-electron chi connectivity index (χ0n) is 19.8. The van der Waals surface area contributed by atoms with Crippen LogP contribution in [0.4, 0.5) is 0 Å². The van der Waals surface area contributed by atoms with E-state index in [0.717, 1.165) is 32.4 Å². The summed E-state index contributed by atoms with van der Waals surface area (Å²) in [5, 5.41) is 50.9. The molecule has 0 bridgehead atoms. The molecule has 6 N–H and O–H groups in total. The second-order valence-electron chi connectivity index (χ2n) is 6.18. The highest BCUT2D eigenvalue weighted by Crippen LogP contribution is 1.93. The molecule has 0 aliphatic rings. The lowest BCUT2D eigenvalue weighted by Gasteiger charge is -2.19.